The molecular formula is C18H26N2O2S. The van der Waals surface area contributed by atoms with Crippen molar-refractivity contribution in [2.45, 2.75) is 62.7 Å². The zero-order valence-corrected chi connectivity index (χ0v) is 14.5. The van der Waals surface area contributed by atoms with Gasteiger partial charge in [0.25, 0.3) is 0 Å². The van der Waals surface area contributed by atoms with Crippen molar-refractivity contribution in [1.82, 2.24) is 9.88 Å². The zero-order valence-electron chi connectivity index (χ0n) is 13.7. The van der Waals surface area contributed by atoms with Crippen LogP contribution in [0.4, 0.5) is 0 Å². The second kappa shape index (κ2) is 6.10. The molecule has 5 heteroatoms. The standard InChI is InChI=1S/C18H26N2O2S/c1-2-12(1)15-11-23-18(19-15)16-9-13-3-6-20(10-17(13)22-16)14-4-7-21-8-5-14/h11-14,16-17H,1-10H2/t13-,16-,17+/m0/s1. The van der Waals surface area contributed by atoms with Gasteiger partial charge in [-0.1, -0.05) is 0 Å². The average Bonchev–Trinajstić information content (AvgIpc) is 3.18. The highest BCUT2D eigenvalue weighted by atomic mass is 32.1. The van der Waals surface area contributed by atoms with E-state index in [0.29, 0.717) is 12.1 Å². The van der Waals surface area contributed by atoms with Crippen molar-refractivity contribution in [3.63, 3.8) is 0 Å². The first-order chi connectivity index (χ1) is 11.4. The Balaban J connectivity index is 1.23. The van der Waals surface area contributed by atoms with Crippen LogP contribution in [0.15, 0.2) is 5.38 Å². The number of fused-ring (bicyclic) bond motifs is 1. The molecular weight excluding hydrogens is 308 g/mol. The number of aromatic nitrogens is 1. The van der Waals surface area contributed by atoms with E-state index in [-0.39, 0.29) is 6.10 Å². The van der Waals surface area contributed by atoms with Crippen molar-refractivity contribution < 1.29 is 9.47 Å². The maximum atomic E-state index is 6.46. The summed E-state index contributed by atoms with van der Waals surface area (Å²) < 4.78 is 12.0. The topological polar surface area (TPSA) is 34.6 Å². The minimum atomic E-state index is 0.261. The fourth-order valence-corrected chi connectivity index (χ4v) is 5.46. The zero-order chi connectivity index (χ0) is 15.2. The number of nitrogens with zero attached hydrogens (tertiary/aromatic N) is 2. The molecule has 0 unspecified atom stereocenters. The van der Waals surface area contributed by atoms with Crippen molar-refractivity contribution in [2.24, 2.45) is 5.92 Å². The van der Waals surface area contributed by atoms with E-state index in [1.165, 1.54) is 55.8 Å². The highest BCUT2D eigenvalue weighted by Crippen LogP contribution is 2.45. The van der Waals surface area contributed by atoms with Crippen molar-refractivity contribution in [3.05, 3.63) is 16.1 Å². The third kappa shape index (κ3) is 2.97. The molecule has 0 bridgehead atoms. The molecule has 4 fully saturated rings. The Morgan fingerprint density at radius 3 is 2.83 bits per heavy atom. The lowest BCUT2D eigenvalue weighted by Gasteiger charge is -2.40. The monoisotopic (exact) mass is 334 g/mol. The van der Waals surface area contributed by atoms with Crippen molar-refractivity contribution >= 4 is 11.3 Å². The Kier molecular flexibility index (Phi) is 3.93. The Labute approximate surface area is 142 Å². The van der Waals surface area contributed by atoms with Crippen molar-refractivity contribution in [2.75, 3.05) is 26.3 Å². The molecule has 5 rings (SSSR count). The molecule has 4 nitrogen and oxygen atoms in total. The van der Waals surface area contributed by atoms with E-state index >= 15 is 0 Å². The molecule has 3 saturated heterocycles. The number of thiazole rings is 1. The summed E-state index contributed by atoms with van der Waals surface area (Å²) >= 11 is 1.82. The van der Waals surface area contributed by atoms with Crippen LogP contribution in [0.1, 0.15) is 61.2 Å². The molecule has 4 aliphatic rings. The minimum absolute atomic E-state index is 0.261. The lowest BCUT2D eigenvalue weighted by atomic mass is 9.90. The van der Waals surface area contributed by atoms with Gasteiger partial charge in [-0.2, -0.15) is 0 Å². The number of piperidine rings is 1. The summed E-state index contributed by atoms with van der Waals surface area (Å²) in [6.45, 7) is 4.23. The summed E-state index contributed by atoms with van der Waals surface area (Å²) in [6, 6.07) is 0.716. The molecule has 3 aliphatic heterocycles. The highest BCUT2D eigenvalue weighted by Gasteiger charge is 2.42. The third-order valence-electron chi connectivity index (χ3n) is 6.10. The van der Waals surface area contributed by atoms with E-state index in [1.807, 2.05) is 11.3 Å². The molecule has 0 radical (unpaired) electrons. The Morgan fingerprint density at radius 2 is 2.00 bits per heavy atom. The maximum absolute atomic E-state index is 6.46. The van der Waals surface area contributed by atoms with Crippen LogP contribution >= 0.6 is 11.3 Å². The minimum Gasteiger partial charge on any atom is -0.381 e. The van der Waals surface area contributed by atoms with Crippen LogP contribution < -0.4 is 0 Å². The first-order valence-electron chi connectivity index (χ1n) is 9.29. The van der Waals surface area contributed by atoms with Gasteiger partial charge in [0, 0.05) is 37.1 Å². The van der Waals surface area contributed by atoms with Crippen LogP contribution in [-0.2, 0) is 9.47 Å². The van der Waals surface area contributed by atoms with Gasteiger partial charge in [-0.3, -0.25) is 4.90 Å². The van der Waals surface area contributed by atoms with Gasteiger partial charge in [-0.15, -0.1) is 11.3 Å². The van der Waals surface area contributed by atoms with Crippen LogP contribution in [0, 0.1) is 5.92 Å². The van der Waals surface area contributed by atoms with Gasteiger partial charge >= 0.3 is 0 Å². The second-order valence-electron chi connectivity index (χ2n) is 7.67. The largest absolute Gasteiger partial charge is 0.381 e. The lowest BCUT2D eigenvalue weighted by molar-refractivity contribution is -0.0382. The van der Waals surface area contributed by atoms with E-state index in [9.17, 15) is 0 Å². The van der Waals surface area contributed by atoms with Crippen LogP contribution in [-0.4, -0.2) is 48.3 Å². The highest BCUT2D eigenvalue weighted by molar-refractivity contribution is 7.09. The number of likely N-dealkylation sites (tertiary alicyclic amines) is 1. The Morgan fingerprint density at radius 1 is 1.13 bits per heavy atom. The van der Waals surface area contributed by atoms with Gasteiger partial charge < -0.3 is 9.47 Å². The first kappa shape index (κ1) is 14.8. The summed E-state index contributed by atoms with van der Waals surface area (Å²) in [5.74, 6) is 1.50. The molecule has 1 aromatic heterocycles. The fourth-order valence-electron chi connectivity index (χ4n) is 4.51. The SMILES string of the molecule is c1sc([C@@H]2C[C@@H]3CCN(C4CCOCC4)C[C@H]3O2)nc1C1CC1. The summed E-state index contributed by atoms with van der Waals surface area (Å²) in [7, 11) is 0. The van der Waals surface area contributed by atoms with Gasteiger partial charge in [0.05, 0.1) is 11.8 Å². The van der Waals surface area contributed by atoms with Crippen LogP contribution in [0.5, 0.6) is 0 Å². The predicted molar refractivity (Wildman–Crippen MR) is 89.8 cm³/mol. The Bertz CT molecular complexity index is 553. The van der Waals surface area contributed by atoms with Crippen LogP contribution in [0.25, 0.3) is 0 Å². The molecule has 0 amide bonds. The molecule has 1 saturated carbocycles. The van der Waals surface area contributed by atoms with Gasteiger partial charge in [0.15, 0.2) is 0 Å². The lowest BCUT2D eigenvalue weighted by Crippen LogP contribution is -2.49. The smallest absolute Gasteiger partial charge is 0.122 e. The number of hydrogen-bond donors (Lipinski definition) is 0. The second-order valence-corrected chi connectivity index (χ2v) is 8.56. The van der Waals surface area contributed by atoms with Crippen molar-refractivity contribution in [1.29, 1.82) is 0 Å². The number of ether oxygens (including phenoxy) is 2. The summed E-state index contributed by atoms with van der Waals surface area (Å²) in [6.07, 6.45) is 8.21. The molecule has 1 aliphatic carbocycles. The molecule has 1 aromatic rings. The predicted octanol–water partition coefficient (Wildman–Crippen LogP) is 3.35. The first-order valence-corrected chi connectivity index (χ1v) is 10.2. The number of rotatable bonds is 3. The molecule has 23 heavy (non-hydrogen) atoms. The summed E-state index contributed by atoms with van der Waals surface area (Å²) in [5, 5.41) is 3.51. The molecule has 3 atom stereocenters. The average molecular weight is 334 g/mol. The quantitative estimate of drug-likeness (QED) is 0.849. The fraction of sp³-hybridized carbons (Fsp3) is 0.833. The van der Waals surface area contributed by atoms with E-state index in [0.717, 1.165) is 31.6 Å². The molecule has 0 aromatic carbocycles. The summed E-state index contributed by atoms with van der Waals surface area (Å²) in [5.41, 5.74) is 1.33. The van der Waals surface area contributed by atoms with Gasteiger partial charge in [-0.05, 0) is 51.0 Å². The molecule has 0 spiro atoms. The van der Waals surface area contributed by atoms with E-state index in [1.54, 1.807) is 0 Å². The van der Waals surface area contributed by atoms with E-state index in [4.69, 9.17) is 14.5 Å². The number of hydrogen-bond acceptors (Lipinski definition) is 5. The van der Waals surface area contributed by atoms with Gasteiger partial charge in [-0.25, -0.2) is 4.98 Å². The van der Waals surface area contributed by atoms with Crippen molar-refractivity contribution in [3.8, 4) is 0 Å². The van der Waals surface area contributed by atoms with Crippen LogP contribution in [0.2, 0.25) is 0 Å². The van der Waals surface area contributed by atoms with E-state index < -0.39 is 0 Å². The third-order valence-corrected chi connectivity index (χ3v) is 7.06. The molecule has 4 heterocycles. The molecule has 0 N–H and O–H groups in total. The van der Waals surface area contributed by atoms with Gasteiger partial charge in [0.1, 0.15) is 11.1 Å². The summed E-state index contributed by atoms with van der Waals surface area (Å²) in [4.78, 5) is 7.55. The molecule has 126 valence electrons. The normalized spacial score (nSPS) is 36.3. The van der Waals surface area contributed by atoms with E-state index in [2.05, 4.69) is 10.3 Å². The maximum Gasteiger partial charge on any atom is 0.122 e. The Hall–Kier alpha value is -0.490. The van der Waals surface area contributed by atoms with Gasteiger partial charge in [0.2, 0.25) is 0 Å². The van der Waals surface area contributed by atoms with Crippen LogP contribution in [0.3, 0.4) is 0 Å².